The van der Waals surface area contributed by atoms with Crippen molar-refractivity contribution in [3.05, 3.63) is 40.7 Å². The largest absolute Gasteiger partial charge is 0.494 e. The molecule has 0 aliphatic heterocycles. The van der Waals surface area contributed by atoms with Gasteiger partial charge in [0.2, 0.25) is 11.8 Å². The Morgan fingerprint density at radius 3 is 2.30 bits per heavy atom. The number of fused-ring (bicyclic) bond motifs is 2. The van der Waals surface area contributed by atoms with E-state index in [1.54, 1.807) is 0 Å². The summed E-state index contributed by atoms with van der Waals surface area (Å²) in [7, 11) is 0. The summed E-state index contributed by atoms with van der Waals surface area (Å²) in [5.74, 6) is -5.54. The highest BCUT2D eigenvalue weighted by Crippen LogP contribution is 2.56. The van der Waals surface area contributed by atoms with Gasteiger partial charge in [-0.05, 0) is 18.8 Å². The van der Waals surface area contributed by atoms with Crippen molar-refractivity contribution in [1.29, 1.82) is 0 Å². The third-order valence-electron chi connectivity index (χ3n) is 4.82. The van der Waals surface area contributed by atoms with Crippen LogP contribution in [0.3, 0.4) is 0 Å². The molecule has 2 bridgehead atoms. The molecule has 0 amide bonds. The maximum atomic E-state index is 14.0. The van der Waals surface area contributed by atoms with E-state index in [2.05, 4.69) is 0 Å². The average molecular weight is 323 g/mol. The molecule has 7 heteroatoms. The standard InChI is InChI=1S/C16H12F3NO3/c17-8-4-10(19)11(5-9(8)18)20-15(22)13-6-1-2-7(12(21)3-6)14(13)16(20)23/h4-7,22-23H,1-3H2. The van der Waals surface area contributed by atoms with Crippen molar-refractivity contribution in [2.45, 2.75) is 31.1 Å². The molecular formula is C16H12F3NO3. The molecule has 3 aliphatic rings. The van der Waals surface area contributed by atoms with Gasteiger partial charge < -0.3 is 10.2 Å². The Labute approximate surface area is 128 Å². The summed E-state index contributed by atoms with van der Waals surface area (Å²) in [5.41, 5.74) is 0.182. The number of hydrogen-bond acceptors (Lipinski definition) is 3. The van der Waals surface area contributed by atoms with E-state index in [0.29, 0.717) is 30.5 Å². The van der Waals surface area contributed by atoms with Crippen molar-refractivity contribution in [3.63, 3.8) is 0 Å². The molecule has 2 N–H and O–H groups in total. The van der Waals surface area contributed by atoms with Gasteiger partial charge in [-0.15, -0.1) is 0 Å². The molecule has 1 heterocycles. The Morgan fingerprint density at radius 1 is 0.957 bits per heavy atom. The van der Waals surface area contributed by atoms with Crippen molar-refractivity contribution >= 4 is 5.78 Å². The van der Waals surface area contributed by atoms with E-state index in [1.807, 2.05) is 0 Å². The van der Waals surface area contributed by atoms with Crippen molar-refractivity contribution in [2.75, 3.05) is 0 Å². The zero-order valence-electron chi connectivity index (χ0n) is 11.8. The minimum atomic E-state index is -1.36. The third kappa shape index (κ3) is 1.76. The minimum absolute atomic E-state index is 0.0352. The fourth-order valence-corrected chi connectivity index (χ4v) is 3.81. The van der Waals surface area contributed by atoms with Crippen LogP contribution in [0.25, 0.3) is 5.69 Å². The van der Waals surface area contributed by atoms with Gasteiger partial charge in [-0.2, -0.15) is 0 Å². The SMILES string of the molecule is O=C1CC2CCC1c1c2c(O)n(-c2cc(F)c(F)cc2F)c1O. The smallest absolute Gasteiger partial charge is 0.203 e. The van der Waals surface area contributed by atoms with Gasteiger partial charge in [0.25, 0.3) is 0 Å². The molecule has 2 unspecified atom stereocenters. The van der Waals surface area contributed by atoms with Crippen LogP contribution in [0, 0.1) is 17.5 Å². The first-order chi connectivity index (χ1) is 10.9. The Kier molecular flexibility index (Phi) is 2.79. The number of Topliss-reactive ketones (excluding diaryl/α,β-unsaturated/α-hetero) is 1. The lowest BCUT2D eigenvalue weighted by atomic mass is 9.67. The van der Waals surface area contributed by atoms with Crippen LogP contribution in [0.4, 0.5) is 13.2 Å². The summed E-state index contributed by atoms with van der Waals surface area (Å²) in [6, 6.07) is 0.918. The summed E-state index contributed by atoms with van der Waals surface area (Å²) in [6.45, 7) is 0. The lowest BCUT2D eigenvalue weighted by Gasteiger charge is -2.34. The first-order valence-electron chi connectivity index (χ1n) is 7.24. The average Bonchev–Trinajstić information content (AvgIpc) is 2.77. The maximum absolute atomic E-state index is 14.0. The van der Waals surface area contributed by atoms with Gasteiger partial charge in [0, 0.05) is 35.6 Å². The number of carbonyl (C=O) groups excluding carboxylic acids is 1. The molecular weight excluding hydrogens is 311 g/mol. The highest BCUT2D eigenvalue weighted by Gasteiger charge is 2.45. The number of ketones is 1. The summed E-state index contributed by atoms with van der Waals surface area (Å²) in [5, 5.41) is 20.8. The number of halogens is 3. The van der Waals surface area contributed by atoms with Crippen molar-refractivity contribution in [2.24, 2.45) is 0 Å². The van der Waals surface area contributed by atoms with E-state index in [9.17, 15) is 28.2 Å². The Bertz CT molecular complexity index is 859. The molecule has 0 spiro atoms. The number of aromatic nitrogens is 1. The van der Waals surface area contributed by atoms with Crippen LogP contribution in [0.5, 0.6) is 11.8 Å². The van der Waals surface area contributed by atoms with Gasteiger partial charge in [-0.1, -0.05) is 0 Å². The van der Waals surface area contributed by atoms with E-state index < -0.39 is 40.8 Å². The van der Waals surface area contributed by atoms with Gasteiger partial charge in [-0.3, -0.25) is 4.79 Å². The van der Waals surface area contributed by atoms with Gasteiger partial charge >= 0.3 is 0 Å². The molecule has 120 valence electrons. The fourth-order valence-electron chi connectivity index (χ4n) is 3.81. The summed E-state index contributed by atoms with van der Waals surface area (Å²) in [6.07, 6.45) is 1.49. The van der Waals surface area contributed by atoms with Crippen molar-refractivity contribution in [3.8, 4) is 17.4 Å². The number of hydrogen-bond donors (Lipinski definition) is 2. The molecule has 3 aliphatic carbocycles. The predicted octanol–water partition coefficient (Wildman–Crippen LogP) is 3.24. The van der Waals surface area contributed by atoms with Crippen molar-refractivity contribution < 1.29 is 28.2 Å². The topological polar surface area (TPSA) is 62.5 Å². The van der Waals surface area contributed by atoms with Crippen LogP contribution in [0.15, 0.2) is 12.1 Å². The molecule has 5 rings (SSSR count). The van der Waals surface area contributed by atoms with Crippen LogP contribution in [-0.2, 0) is 4.79 Å². The van der Waals surface area contributed by atoms with Gasteiger partial charge in [0.15, 0.2) is 17.5 Å². The highest BCUT2D eigenvalue weighted by atomic mass is 19.2. The van der Waals surface area contributed by atoms with Crippen LogP contribution in [0.2, 0.25) is 0 Å². The first-order valence-corrected chi connectivity index (χ1v) is 7.24. The number of nitrogens with zero attached hydrogens (tertiary/aromatic N) is 1. The molecule has 4 nitrogen and oxygen atoms in total. The quantitative estimate of drug-likeness (QED) is 0.792. The molecule has 2 aromatic rings. The molecule has 0 saturated heterocycles. The number of benzene rings is 1. The normalized spacial score (nSPS) is 22.5. The maximum Gasteiger partial charge on any atom is 0.203 e. The van der Waals surface area contributed by atoms with Crippen molar-refractivity contribution in [1.82, 2.24) is 4.57 Å². The summed E-state index contributed by atoms with van der Waals surface area (Å²) < 4.78 is 41.3. The van der Waals surface area contributed by atoms with E-state index in [4.69, 9.17) is 0 Å². The van der Waals surface area contributed by atoms with Gasteiger partial charge in [0.1, 0.15) is 5.78 Å². The predicted molar refractivity (Wildman–Crippen MR) is 73.3 cm³/mol. The van der Waals surface area contributed by atoms with Gasteiger partial charge in [0.05, 0.1) is 5.69 Å². The Balaban J connectivity index is 2.00. The summed E-state index contributed by atoms with van der Waals surface area (Å²) in [4.78, 5) is 12.0. The molecule has 0 radical (unpaired) electrons. The summed E-state index contributed by atoms with van der Waals surface area (Å²) >= 11 is 0. The number of aromatic hydroxyl groups is 2. The van der Waals surface area contributed by atoms with Crippen LogP contribution >= 0.6 is 0 Å². The zero-order valence-corrected chi connectivity index (χ0v) is 11.8. The highest BCUT2D eigenvalue weighted by molar-refractivity contribution is 5.91. The second-order valence-electron chi connectivity index (χ2n) is 6.02. The van der Waals surface area contributed by atoms with Crippen LogP contribution in [-0.4, -0.2) is 20.6 Å². The molecule has 23 heavy (non-hydrogen) atoms. The molecule has 1 fully saturated rings. The zero-order chi connectivity index (χ0) is 16.5. The van der Waals surface area contributed by atoms with E-state index in [0.717, 1.165) is 4.57 Å². The second-order valence-corrected chi connectivity index (χ2v) is 6.02. The monoisotopic (exact) mass is 323 g/mol. The van der Waals surface area contributed by atoms with E-state index in [-0.39, 0.29) is 23.7 Å². The van der Waals surface area contributed by atoms with Crippen LogP contribution < -0.4 is 0 Å². The molecule has 2 atom stereocenters. The lowest BCUT2D eigenvalue weighted by molar-refractivity contribution is -0.123. The number of rotatable bonds is 1. The van der Waals surface area contributed by atoms with Crippen LogP contribution in [0.1, 0.15) is 42.2 Å². The first kappa shape index (κ1) is 14.2. The Hall–Kier alpha value is -2.44. The molecule has 1 aromatic heterocycles. The second kappa shape index (κ2) is 4.53. The molecule has 1 saturated carbocycles. The minimum Gasteiger partial charge on any atom is -0.494 e. The third-order valence-corrected chi connectivity index (χ3v) is 4.82. The lowest BCUT2D eigenvalue weighted by Crippen LogP contribution is -2.28. The Morgan fingerprint density at radius 2 is 1.61 bits per heavy atom. The van der Waals surface area contributed by atoms with E-state index in [1.165, 1.54) is 0 Å². The molecule has 1 aromatic carbocycles. The number of carbonyl (C=O) groups is 1. The van der Waals surface area contributed by atoms with E-state index >= 15 is 0 Å². The van der Waals surface area contributed by atoms with Gasteiger partial charge in [-0.25, -0.2) is 17.7 Å². The fraction of sp³-hybridized carbons (Fsp3) is 0.312.